The zero-order chi connectivity index (χ0) is 22.8. The summed E-state index contributed by atoms with van der Waals surface area (Å²) < 4.78 is 22.1. The largest absolute Gasteiger partial charge is 0.481 e. The van der Waals surface area contributed by atoms with Gasteiger partial charge in [0, 0.05) is 24.7 Å². The maximum absolute atomic E-state index is 14.1. The summed E-state index contributed by atoms with van der Waals surface area (Å²) in [6, 6.07) is 24.2. The number of halogens is 1. The standard InChI is InChI=1S/C27H26FN3O2/c1-19(33-23-10-6-3-7-11-23)27(32)30-16-14-22(15-17-30)31-25-18-21(28)12-13-24(25)29-26(31)20-8-4-2-5-9-20/h2-13,18-19,22H,14-17H2,1H3/t19-/m1/s1. The lowest BCUT2D eigenvalue weighted by molar-refractivity contribution is -0.139. The first-order chi connectivity index (χ1) is 16.1. The van der Waals surface area contributed by atoms with E-state index >= 15 is 0 Å². The van der Waals surface area contributed by atoms with Crippen molar-refractivity contribution >= 4 is 16.9 Å². The van der Waals surface area contributed by atoms with E-state index in [1.807, 2.05) is 65.6 Å². The van der Waals surface area contributed by atoms with Gasteiger partial charge >= 0.3 is 0 Å². The molecule has 168 valence electrons. The zero-order valence-corrected chi connectivity index (χ0v) is 18.5. The van der Waals surface area contributed by atoms with Gasteiger partial charge in [0.2, 0.25) is 0 Å². The Morgan fingerprint density at radius 1 is 1.00 bits per heavy atom. The molecule has 5 nitrogen and oxygen atoms in total. The molecule has 6 heteroatoms. The molecule has 0 saturated carbocycles. The molecule has 1 aliphatic heterocycles. The Kier molecular flexibility index (Phi) is 5.82. The Bertz CT molecular complexity index is 1250. The Balaban J connectivity index is 1.36. The van der Waals surface area contributed by atoms with Crippen molar-refractivity contribution in [1.82, 2.24) is 14.5 Å². The molecule has 1 saturated heterocycles. The molecule has 0 aliphatic carbocycles. The second kappa shape index (κ2) is 9.06. The molecule has 0 spiro atoms. The highest BCUT2D eigenvalue weighted by molar-refractivity contribution is 5.82. The molecule has 3 aromatic carbocycles. The normalized spacial score (nSPS) is 15.5. The second-order valence-electron chi connectivity index (χ2n) is 8.43. The molecular formula is C27H26FN3O2. The number of imidazole rings is 1. The fourth-order valence-electron chi connectivity index (χ4n) is 4.58. The van der Waals surface area contributed by atoms with Crippen LogP contribution in [0.25, 0.3) is 22.4 Å². The van der Waals surface area contributed by atoms with E-state index in [-0.39, 0.29) is 17.8 Å². The van der Waals surface area contributed by atoms with Gasteiger partial charge < -0.3 is 14.2 Å². The Labute approximate surface area is 192 Å². The summed E-state index contributed by atoms with van der Waals surface area (Å²) in [5, 5.41) is 0. The van der Waals surface area contributed by atoms with Crippen LogP contribution in [0.15, 0.2) is 78.9 Å². The molecule has 1 atom stereocenters. The molecule has 0 unspecified atom stereocenters. The summed E-state index contributed by atoms with van der Waals surface area (Å²) in [5.41, 5.74) is 2.57. The van der Waals surface area contributed by atoms with Gasteiger partial charge in [0.1, 0.15) is 17.4 Å². The first kappa shape index (κ1) is 21.2. The Morgan fingerprint density at radius 3 is 2.36 bits per heavy atom. The number of rotatable bonds is 5. The Hall–Kier alpha value is -3.67. The van der Waals surface area contributed by atoms with E-state index < -0.39 is 6.10 Å². The van der Waals surface area contributed by atoms with Crippen molar-refractivity contribution in [2.45, 2.75) is 31.9 Å². The summed E-state index contributed by atoms with van der Waals surface area (Å²) in [6.45, 7) is 3.03. The minimum atomic E-state index is -0.549. The first-order valence-corrected chi connectivity index (χ1v) is 11.3. The lowest BCUT2D eigenvalue weighted by Crippen LogP contribution is -2.45. The maximum Gasteiger partial charge on any atom is 0.263 e. The number of hydrogen-bond acceptors (Lipinski definition) is 3. The van der Waals surface area contributed by atoms with Crippen molar-refractivity contribution in [3.8, 4) is 17.1 Å². The van der Waals surface area contributed by atoms with E-state index in [1.54, 1.807) is 19.1 Å². The smallest absolute Gasteiger partial charge is 0.263 e. The summed E-state index contributed by atoms with van der Waals surface area (Å²) in [7, 11) is 0. The number of amides is 1. The zero-order valence-electron chi connectivity index (χ0n) is 18.5. The van der Waals surface area contributed by atoms with Gasteiger partial charge in [0.15, 0.2) is 6.10 Å². The highest BCUT2D eigenvalue weighted by Gasteiger charge is 2.30. The van der Waals surface area contributed by atoms with Crippen LogP contribution in [0.5, 0.6) is 5.75 Å². The van der Waals surface area contributed by atoms with Crippen LogP contribution in [-0.2, 0) is 4.79 Å². The summed E-state index contributed by atoms with van der Waals surface area (Å²) >= 11 is 0. The van der Waals surface area contributed by atoms with Crippen LogP contribution < -0.4 is 4.74 Å². The summed E-state index contributed by atoms with van der Waals surface area (Å²) in [4.78, 5) is 19.7. The van der Waals surface area contributed by atoms with Crippen molar-refractivity contribution < 1.29 is 13.9 Å². The quantitative estimate of drug-likeness (QED) is 0.411. The third-order valence-electron chi connectivity index (χ3n) is 6.23. The molecule has 1 amide bonds. The topological polar surface area (TPSA) is 47.4 Å². The van der Waals surface area contributed by atoms with E-state index in [4.69, 9.17) is 9.72 Å². The summed E-state index contributed by atoms with van der Waals surface area (Å²) in [5.74, 6) is 1.24. The molecule has 0 bridgehead atoms. The first-order valence-electron chi connectivity index (χ1n) is 11.3. The SMILES string of the molecule is C[C@@H](Oc1ccccc1)C(=O)N1CCC(n2c(-c3ccccc3)nc3ccc(F)cc32)CC1. The highest BCUT2D eigenvalue weighted by atomic mass is 19.1. The molecule has 5 rings (SSSR count). The predicted octanol–water partition coefficient (Wildman–Crippen LogP) is 5.47. The number of likely N-dealkylation sites (tertiary alicyclic amines) is 1. The van der Waals surface area contributed by atoms with Gasteiger partial charge in [-0.3, -0.25) is 4.79 Å². The van der Waals surface area contributed by atoms with Crippen LogP contribution in [0.1, 0.15) is 25.8 Å². The molecule has 2 heterocycles. The fourth-order valence-corrected chi connectivity index (χ4v) is 4.58. The monoisotopic (exact) mass is 443 g/mol. The van der Waals surface area contributed by atoms with Crippen LogP contribution in [-0.4, -0.2) is 39.6 Å². The molecule has 33 heavy (non-hydrogen) atoms. The minimum Gasteiger partial charge on any atom is -0.481 e. The number of nitrogens with zero attached hydrogens (tertiary/aromatic N) is 3. The van der Waals surface area contributed by atoms with Crippen LogP contribution >= 0.6 is 0 Å². The second-order valence-corrected chi connectivity index (χ2v) is 8.43. The van der Waals surface area contributed by atoms with E-state index in [0.717, 1.165) is 35.3 Å². The third-order valence-corrected chi connectivity index (χ3v) is 6.23. The number of ether oxygens (including phenoxy) is 1. The molecule has 0 radical (unpaired) electrons. The number of benzene rings is 3. The highest BCUT2D eigenvalue weighted by Crippen LogP contribution is 2.34. The van der Waals surface area contributed by atoms with Gasteiger partial charge in [-0.15, -0.1) is 0 Å². The average Bonchev–Trinajstić information content (AvgIpc) is 3.23. The van der Waals surface area contributed by atoms with Gasteiger partial charge in [0.05, 0.1) is 11.0 Å². The summed E-state index contributed by atoms with van der Waals surface area (Å²) in [6.07, 6.45) is 0.990. The van der Waals surface area contributed by atoms with Crippen molar-refractivity contribution in [2.75, 3.05) is 13.1 Å². The van der Waals surface area contributed by atoms with Crippen LogP contribution in [0.3, 0.4) is 0 Å². The number of hydrogen-bond donors (Lipinski definition) is 0. The van der Waals surface area contributed by atoms with Crippen LogP contribution in [0, 0.1) is 5.82 Å². The lowest BCUT2D eigenvalue weighted by atomic mass is 10.0. The Morgan fingerprint density at radius 2 is 1.67 bits per heavy atom. The number of carbonyl (C=O) groups is 1. The third kappa shape index (κ3) is 4.33. The average molecular weight is 444 g/mol. The van der Waals surface area contributed by atoms with Crippen molar-refractivity contribution in [2.24, 2.45) is 0 Å². The van der Waals surface area contributed by atoms with E-state index in [2.05, 4.69) is 4.57 Å². The minimum absolute atomic E-state index is 0.0119. The van der Waals surface area contributed by atoms with Gasteiger partial charge in [-0.1, -0.05) is 48.5 Å². The number of aromatic nitrogens is 2. The molecule has 1 aliphatic rings. The molecule has 4 aromatic rings. The van der Waals surface area contributed by atoms with E-state index in [1.165, 1.54) is 6.07 Å². The van der Waals surface area contributed by atoms with Crippen molar-refractivity contribution in [3.63, 3.8) is 0 Å². The fraction of sp³-hybridized carbons (Fsp3) is 0.259. The lowest BCUT2D eigenvalue weighted by Gasteiger charge is -2.35. The van der Waals surface area contributed by atoms with Gasteiger partial charge in [-0.2, -0.15) is 0 Å². The van der Waals surface area contributed by atoms with Gasteiger partial charge in [0.25, 0.3) is 5.91 Å². The molecule has 1 aromatic heterocycles. The predicted molar refractivity (Wildman–Crippen MR) is 127 cm³/mol. The number of piperidine rings is 1. The van der Waals surface area contributed by atoms with Crippen molar-refractivity contribution in [3.05, 3.63) is 84.7 Å². The van der Waals surface area contributed by atoms with E-state index in [9.17, 15) is 9.18 Å². The molecule has 1 fully saturated rings. The maximum atomic E-state index is 14.1. The van der Waals surface area contributed by atoms with Crippen LogP contribution in [0.2, 0.25) is 0 Å². The number of para-hydroxylation sites is 1. The molecular weight excluding hydrogens is 417 g/mol. The van der Waals surface area contributed by atoms with E-state index in [0.29, 0.717) is 18.8 Å². The molecule has 0 N–H and O–H groups in total. The van der Waals surface area contributed by atoms with Gasteiger partial charge in [-0.05, 0) is 50.1 Å². The van der Waals surface area contributed by atoms with Crippen molar-refractivity contribution in [1.29, 1.82) is 0 Å². The van der Waals surface area contributed by atoms with Crippen LogP contribution in [0.4, 0.5) is 4.39 Å². The number of carbonyl (C=O) groups excluding carboxylic acids is 1. The number of fused-ring (bicyclic) bond motifs is 1. The van der Waals surface area contributed by atoms with Gasteiger partial charge in [-0.25, -0.2) is 9.37 Å².